The lowest BCUT2D eigenvalue weighted by atomic mass is 9.85. The zero-order valence-electron chi connectivity index (χ0n) is 15.5. The number of urea groups is 2. The third-order valence-electron chi connectivity index (χ3n) is 5.05. The third-order valence-corrected chi connectivity index (χ3v) is 5.05. The van der Waals surface area contributed by atoms with Gasteiger partial charge in [-0.2, -0.15) is 0 Å². The van der Waals surface area contributed by atoms with Gasteiger partial charge in [-0.25, -0.2) is 9.59 Å². The first-order chi connectivity index (χ1) is 12.4. The van der Waals surface area contributed by atoms with Gasteiger partial charge in [-0.05, 0) is 31.5 Å². The molecule has 3 rings (SSSR count). The molecule has 0 aromatic heterocycles. The molecule has 0 spiro atoms. The Kier molecular flexibility index (Phi) is 4.76. The van der Waals surface area contributed by atoms with E-state index in [0.717, 1.165) is 11.3 Å². The Labute approximate surface area is 153 Å². The zero-order valence-corrected chi connectivity index (χ0v) is 15.5. The number of carbonyl (C=O) groups excluding carboxylic acids is 3. The molecule has 2 aliphatic heterocycles. The maximum absolute atomic E-state index is 13.0. The van der Waals surface area contributed by atoms with Gasteiger partial charge in [0.25, 0.3) is 0 Å². The van der Waals surface area contributed by atoms with Crippen LogP contribution in [0, 0.1) is 5.92 Å². The van der Waals surface area contributed by atoms with Crippen molar-refractivity contribution < 1.29 is 14.4 Å². The van der Waals surface area contributed by atoms with Crippen molar-refractivity contribution in [2.75, 3.05) is 32.1 Å². The van der Waals surface area contributed by atoms with Crippen LogP contribution in [0.3, 0.4) is 0 Å². The lowest BCUT2D eigenvalue weighted by Crippen LogP contribution is -2.72. The lowest BCUT2D eigenvalue weighted by molar-refractivity contribution is -0.141. The summed E-state index contributed by atoms with van der Waals surface area (Å²) in [5, 5.41) is 5.62. The molecule has 2 aliphatic rings. The van der Waals surface area contributed by atoms with E-state index in [1.54, 1.807) is 11.8 Å². The van der Waals surface area contributed by atoms with Gasteiger partial charge in [-0.15, -0.1) is 0 Å². The second-order valence-electron chi connectivity index (χ2n) is 6.70. The molecule has 1 aromatic rings. The number of carbonyl (C=O) groups is 3. The average Bonchev–Trinajstić information content (AvgIpc) is 2.61. The van der Waals surface area contributed by atoms with Gasteiger partial charge in [0.05, 0.1) is 6.04 Å². The molecule has 140 valence electrons. The van der Waals surface area contributed by atoms with E-state index in [-0.39, 0.29) is 18.0 Å². The molecule has 2 heterocycles. The molecule has 0 aliphatic carbocycles. The fourth-order valence-electron chi connectivity index (χ4n) is 3.67. The molecular formula is C18H25N5O3. The summed E-state index contributed by atoms with van der Waals surface area (Å²) >= 11 is 0. The number of benzene rings is 1. The van der Waals surface area contributed by atoms with Crippen LogP contribution in [0.5, 0.6) is 0 Å². The summed E-state index contributed by atoms with van der Waals surface area (Å²) in [7, 11) is 3.90. The van der Waals surface area contributed by atoms with Crippen molar-refractivity contribution in [2.24, 2.45) is 5.92 Å². The molecule has 5 amide bonds. The lowest BCUT2D eigenvalue weighted by Gasteiger charge is -2.49. The predicted octanol–water partition coefficient (Wildman–Crippen LogP) is 1.35. The van der Waals surface area contributed by atoms with Crippen molar-refractivity contribution in [3.8, 4) is 0 Å². The highest BCUT2D eigenvalue weighted by atomic mass is 16.2. The molecule has 26 heavy (non-hydrogen) atoms. The Morgan fingerprint density at radius 1 is 1.00 bits per heavy atom. The number of nitrogens with zero attached hydrogens (tertiary/aromatic N) is 3. The summed E-state index contributed by atoms with van der Waals surface area (Å²) in [5.41, 5.74) is 1.87. The van der Waals surface area contributed by atoms with Gasteiger partial charge >= 0.3 is 12.1 Å². The fraction of sp³-hybridized carbons (Fsp3) is 0.500. The van der Waals surface area contributed by atoms with E-state index in [1.807, 2.05) is 50.2 Å². The van der Waals surface area contributed by atoms with Gasteiger partial charge < -0.3 is 20.4 Å². The third kappa shape index (κ3) is 2.85. The number of hydrogen-bond acceptors (Lipinski definition) is 4. The molecule has 2 N–H and O–H groups in total. The summed E-state index contributed by atoms with van der Waals surface area (Å²) in [6, 6.07) is 6.51. The van der Waals surface area contributed by atoms with Crippen LogP contribution < -0.4 is 15.5 Å². The SMILES string of the molecule is CCN1C(=O)C2C(c3ccc(N(C)C)cc3)NC(=O)NC2N(CC)C1=O. The maximum atomic E-state index is 13.0. The number of amides is 5. The monoisotopic (exact) mass is 359 g/mol. The molecule has 2 fully saturated rings. The number of anilines is 1. The van der Waals surface area contributed by atoms with E-state index in [9.17, 15) is 14.4 Å². The van der Waals surface area contributed by atoms with E-state index in [1.165, 1.54) is 4.90 Å². The Morgan fingerprint density at radius 2 is 1.65 bits per heavy atom. The van der Waals surface area contributed by atoms with Crippen LogP contribution in [-0.4, -0.2) is 61.1 Å². The minimum absolute atomic E-state index is 0.263. The molecule has 8 heteroatoms. The van der Waals surface area contributed by atoms with E-state index in [2.05, 4.69) is 10.6 Å². The van der Waals surface area contributed by atoms with E-state index in [4.69, 9.17) is 0 Å². The highest BCUT2D eigenvalue weighted by molar-refractivity contribution is 6.00. The van der Waals surface area contributed by atoms with Crippen LogP contribution in [0.1, 0.15) is 25.5 Å². The summed E-state index contributed by atoms with van der Waals surface area (Å²) in [4.78, 5) is 42.6. The molecule has 3 unspecified atom stereocenters. The zero-order chi connectivity index (χ0) is 19.0. The largest absolute Gasteiger partial charge is 0.378 e. The molecule has 8 nitrogen and oxygen atoms in total. The van der Waals surface area contributed by atoms with E-state index < -0.39 is 18.1 Å². The highest BCUT2D eigenvalue weighted by Crippen LogP contribution is 2.35. The summed E-state index contributed by atoms with van der Waals surface area (Å²) in [5.74, 6) is -0.836. The maximum Gasteiger partial charge on any atom is 0.328 e. The van der Waals surface area contributed by atoms with E-state index >= 15 is 0 Å². The number of fused-ring (bicyclic) bond motifs is 1. The first-order valence-corrected chi connectivity index (χ1v) is 8.85. The van der Waals surface area contributed by atoms with Gasteiger partial charge in [0.1, 0.15) is 12.1 Å². The predicted molar refractivity (Wildman–Crippen MR) is 97.6 cm³/mol. The number of imide groups is 1. The van der Waals surface area contributed by atoms with Gasteiger partial charge in [0.15, 0.2) is 0 Å². The summed E-state index contributed by atoms with van der Waals surface area (Å²) in [6.45, 7) is 4.33. The van der Waals surface area contributed by atoms with Crippen LogP contribution in [0.25, 0.3) is 0 Å². The average molecular weight is 359 g/mol. The molecule has 0 bridgehead atoms. The van der Waals surface area contributed by atoms with Crippen molar-refractivity contribution in [1.82, 2.24) is 20.4 Å². The normalized spacial score (nSPS) is 25.5. The van der Waals surface area contributed by atoms with Crippen LogP contribution in [0.15, 0.2) is 24.3 Å². The van der Waals surface area contributed by atoms with Crippen LogP contribution in [-0.2, 0) is 4.79 Å². The summed E-state index contributed by atoms with van der Waals surface area (Å²) < 4.78 is 0. The van der Waals surface area contributed by atoms with Gasteiger partial charge in [-0.3, -0.25) is 9.69 Å². The standard InChI is InChI=1S/C18H25N5O3/c1-5-22-15-13(16(24)23(6-2)18(22)26)14(19-17(25)20-15)11-7-9-12(10-8-11)21(3)4/h7-10,13-15H,5-6H2,1-4H3,(H2,19,20,25). The second-order valence-corrected chi connectivity index (χ2v) is 6.70. The Morgan fingerprint density at radius 3 is 2.19 bits per heavy atom. The van der Waals surface area contributed by atoms with E-state index in [0.29, 0.717) is 13.1 Å². The second kappa shape index (κ2) is 6.86. The first-order valence-electron chi connectivity index (χ1n) is 8.85. The number of rotatable bonds is 4. The van der Waals surface area contributed by atoms with Crippen molar-refractivity contribution in [2.45, 2.75) is 26.1 Å². The van der Waals surface area contributed by atoms with Crippen LogP contribution >= 0.6 is 0 Å². The molecule has 3 atom stereocenters. The van der Waals surface area contributed by atoms with Crippen molar-refractivity contribution in [3.63, 3.8) is 0 Å². The molecule has 0 radical (unpaired) electrons. The number of hydrogen-bond donors (Lipinski definition) is 2. The van der Waals surface area contributed by atoms with Crippen LogP contribution in [0.4, 0.5) is 15.3 Å². The Bertz CT molecular complexity index is 718. The van der Waals surface area contributed by atoms with Crippen molar-refractivity contribution in [1.29, 1.82) is 0 Å². The van der Waals surface area contributed by atoms with Crippen LogP contribution in [0.2, 0.25) is 0 Å². The molecule has 1 aromatic carbocycles. The van der Waals surface area contributed by atoms with Crippen molar-refractivity contribution in [3.05, 3.63) is 29.8 Å². The Hall–Kier alpha value is -2.77. The van der Waals surface area contributed by atoms with Crippen molar-refractivity contribution >= 4 is 23.7 Å². The van der Waals surface area contributed by atoms with Gasteiger partial charge in [0, 0.05) is 32.9 Å². The molecule has 2 saturated heterocycles. The number of nitrogens with one attached hydrogen (secondary N) is 2. The van der Waals surface area contributed by atoms with Gasteiger partial charge in [0.2, 0.25) is 5.91 Å². The minimum atomic E-state index is -0.643. The smallest absolute Gasteiger partial charge is 0.328 e. The summed E-state index contributed by atoms with van der Waals surface area (Å²) in [6.07, 6.45) is -0.643. The highest BCUT2D eigenvalue weighted by Gasteiger charge is 2.52. The topological polar surface area (TPSA) is 85.0 Å². The molecule has 0 saturated carbocycles. The minimum Gasteiger partial charge on any atom is -0.378 e. The fourth-order valence-corrected chi connectivity index (χ4v) is 3.67. The van der Waals surface area contributed by atoms with Gasteiger partial charge in [-0.1, -0.05) is 12.1 Å². The first kappa shape index (κ1) is 18.0. The quantitative estimate of drug-likeness (QED) is 0.850. The molecular weight excluding hydrogens is 334 g/mol. The Balaban J connectivity index is 2.00.